The Morgan fingerprint density at radius 1 is 0.298 bits per heavy atom. The number of hydrogen-bond donors (Lipinski definition) is 5. The van der Waals surface area contributed by atoms with E-state index in [1.54, 1.807) is 267 Å². The number of thiophene rings is 4. The molecule has 0 radical (unpaired) electrons. The second kappa shape index (κ2) is 79.1. The Morgan fingerprint density at radius 3 is 1.21 bits per heavy atom. The number of imidazole rings is 2. The molecule has 21 aromatic heterocycles. The van der Waals surface area contributed by atoms with Crippen molar-refractivity contribution < 1.29 is 13.4 Å². The smallest absolute Gasteiger partial charge is 0.180 e. The number of aromatic amines is 5. The summed E-state index contributed by atoms with van der Waals surface area (Å²) in [7, 11) is 0. The van der Waals surface area contributed by atoms with Crippen molar-refractivity contribution in [2.45, 2.75) is 0 Å². The van der Waals surface area contributed by atoms with E-state index in [1.165, 1.54) is 79.8 Å². The molecule has 25 aromatic rings. The Bertz CT molecular complexity index is 5000. The molecule has 0 aliphatic carbocycles. The average molecular weight is 1850 g/mol. The Labute approximate surface area is 780 Å². The van der Waals surface area contributed by atoms with Gasteiger partial charge < -0.3 is 33.3 Å². The molecule has 1 aliphatic rings. The molecule has 0 saturated carbocycles. The van der Waals surface area contributed by atoms with Crippen LogP contribution < -0.4 is 0 Å². The fourth-order valence-electron chi connectivity index (χ4n) is 8.13. The van der Waals surface area contributed by atoms with Crippen molar-refractivity contribution in [2.75, 3.05) is 6.54 Å². The van der Waals surface area contributed by atoms with E-state index in [0.29, 0.717) is 0 Å². The minimum Gasteiger partial charge on any atom is -0.473 e. The molecule has 0 bridgehead atoms. The molecule has 131 heavy (non-hydrogen) atoms. The van der Waals surface area contributed by atoms with E-state index < -0.39 is 0 Å². The third kappa shape index (κ3) is 58.8. The van der Waals surface area contributed by atoms with E-state index in [4.69, 9.17) is 0 Å². The molecule has 660 valence electrons. The number of fused-ring (bicyclic) bond motifs is 5. The number of nitrogens with one attached hydrogen (secondary N) is 5. The number of nitrogens with zero attached hydrogens (tertiary/aromatic N) is 21. The second-order valence-electron chi connectivity index (χ2n) is 22.8. The van der Waals surface area contributed by atoms with Gasteiger partial charge in [-0.25, -0.2) is 49.2 Å². The maximum Gasteiger partial charge on any atom is 0.180 e. The van der Waals surface area contributed by atoms with Crippen LogP contribution in [0.1, 0.15) is 0 Å². The number of H-pyrrole nitrogens is 5. The van der Waals surface area contributed by atoms with Crippen LogP contribution in [0.25, 0.3) is 52.5 Å². The lowest BCUT2D eigenvalue weighted by atomic mass is 10.3. The van der Waals surface area contributed by atoms with E-state index in [-0.39, 0.29) is 0 Å². The molecule has 0 amide bonds. The number of furan rings is 1. The van der Waals surface area contributed by atoms with Gasteiger partial charge in [-0.2, -0.15) is 26.7 Å². The highest BCUT2D eigenvalue weighted by Gasteiger charge is 1.93. The number of para-hydroxylation sites is 5. The molecule has 26 rings (SSSR count). The summed E-state index contributed by atoms with van der Waals surface area (Å²) in [4.78, 5) is 72.1. The first-order chi connectivity index (χ1) is 65.3. The minimum absolute atomic E-state index is 0.778. The predicted octanol–water partition coefficient (Wildman–Crippen LogP) is 24.8. The zero-order chi connectivity index (χ0) is 91.3. The zero-order valence-corrected chi connectivity index (χ0v) is 75.2. The molecular weight excluding hydrogens is 1760 g/mol. The number of hydrogen-bond acceptors (Lipinski definition) is 30. The number of rotatable bonds is 0. The Kier molecular flexibility index (Phi) is 62.2. The number of thiazole rings is 1. The number of pyridine rings is 2. The summed E-state index contributed by atoms with van der Waals surface area (Å²) >= 11 is 10.2. The van der Waals surface area contributed by atoms with Gasteiger partial charge >= 0.3 is 0 Å². The van der Waals surface area contributed by atoms with Crippen molar-refractivity contribution in [3.05, 3.63) is 516 Å². The molecule has 0 atom stereocenters. The van der Waals surface area contributed by atoms with Gasteiger partial charge in [0.15, 0.2) is 6.39 Å². The van der Waals surface area contributed by atoms with Crippen LogP contribution in [0.2, 0.25) is 0 Å². The predicted molar refractivity (Wildman–Crippen MR) is 529 cm³/mol. The van der Waals surface area contributed by atoms with Crippen LogP contribution in [0.3, 0.4) is 0 Å². The summed E-state index contributed by atoms with van der Waals surface area (Å²) in [5.74, 6) is 0. The molecule has 0 saturated heterocycles. The molecule has 0 fully saturated rings. The third-order valence-electron chi connectivity index (χ3n) is 13.6. The van der Waals surface area contributed by atoms with Crippen molar-refractivity contribution in [3.8, 4) is 0 Å². The lowest BCUT2D eigenvalue weighted by Crippen LogP contribution is -1.78. The summed E-state index contributed by atoms with van der Waals surface area (Å²) in [5.41, 5.74) is 7.02. The van der Waals surface area contributed by atoms with Gasteiger partial charge in [-0.05, 0) is 201 Å². The highest BCUT2D eigenvalue weighted by Crippen LogP contribution is 2.25. The first-order valence-electron chi connectivity index (χ1n) is 38.9. The van der Waals surface area contributed by atoms with Gasteiger partial charge in [0.2, 0.25) is 0 Å². The topological polar surface area (TPSA) is 388 Å². The van der Waals surface area contributed by atoms with Crippen molar-refractivity contribution in [1.29, 1.82) is 0 Å². The number of benzene rings is 4. The molecule has 5 N–H and O–H groups in total. The fourth-order valence-corrected chi connectivity index (χ4v) is 11.9. The molecule has 0 unspecified atom stereocenters. The maximum absolute atomic E-state index is 4.58. The third-order valence-corrected chi connectivity index (χ3v) is 18.1. The molecule has 0 spiro atoms. The molecule has 29 nitrogen and oxygen atoms in total. The van der Waals surface area contributed by atoms with E-state index in [2.05, 4.69) is 220 Å². The van der Waals surface area contributed by atoms with Gasteiger partial charge in [0.25, 0.3) is 0 Å². The quantitative estimate of drug-likeness (QED) is 0.0941. The zero-order valence-electron chi connectivity index (χ0n) is 70.3. The van der Waals surface area contributed by atoms with Crippen LogP contribution in [0.5, 0.6) is 0 Å². The van der Waals surface area contributed by atoms with Gasteiger partial charge in [-0.15, -0.1) is 45.3 Å². The summed E-state index contributed by atoms with van der Waals surface area (Å²) in [6.07, 6.45) is 65.5. The van der Waals surface area contributed by atoms with E-state index in [9.17, 15) is 0 Å². The van der Waals surface area contributed by atoms with Crippen LogP contribution >= 0.6 is 68.2 Å². The van der Waals surface area contributed by atoms with E-state index in [1.807, 2.05) is 192 Å². The highest BCUT2D eigenvalue weighted by atomic mass is 32.1. The second-order valence-corrected chi connectivity index (χ2v) is 27.9. The summed E-state index contributed by atoms with van der Waals surface area (Å²) in [6, 6.07) is 74.7. The van der Waals surface area contributed by atoms with Gasteiger partial charge in [0.1, 0.15) is 31.5 Å². The van der Waals surface area contributed by atoms with Gasteiger partial charge in [0, 0.05) is 191 Å². The Hall–Kier alpha value is -16.8. The lowest BCUT2D eigenvalue weighted by Gasteiger charge is -1.90. The molecular formula is C96H92N26O3S6. The minimum atomic E-state index is 0.778. The van der Waals surface area contributed by atoms with Crippen molar-refractivity contribution in [3.63, 3.8) is 0 Å². The summed E-state index contributed by atoms with van der Waals surface area (Å²) in [6.45, 7) is 0.778. The number of aromatic nitrogens is 24. The molecule has 4 aromatic carbocycles. The Balaban J connectivity index is 0.000000213. The van der Waals surface area contributed by atoms with E-state index >= 15 is 0 Å². The monoisotopic (exact) mass is 1850 g/mol. The number of oxazole rings is 1. The van der Waals surface area contributed by atoms with Crippen LogP contribution in [-0.4, -0.2) is 126 Å². The van der Waals surface area contributed by atoms with Crippen LogP contribution in [0, 0.1) is 0 Å². The van der Waals surface area contributed by atoms with Crippen LogP contribution in [-0.2, 0) is 0 Å². The Morgan fingerprint density at radius 2 is 0.885 bits per heavy atom. The van der Waals surface area contributed by atoms with Gasteiger partial charge in [0.05, 0.1) is 71.7 Å². The largest absolute Gasteiger partial charge is 0.473 e. The summed E-state index contributed by atoms with van der Waals surface area (Å²) < 4.78 is 21.3. The standard InChI is InChI=1S/C8H6N2.C8H7N.C8H6S.C7H6N2.C6H4S2.2C5H5N.4C4H4N2.C4H5N.C4H4O.C4H4S.3C3H4N2.2C3H3NO.2C3H3NS/c1-2-4-8-7(3-1)9-5-6-10-8;2*1-2-4-8-7(3-1)5-6-9-8;1-2-4-7-6(3-1)8-5-9-7;1-3-7-6-2-4-8-5(1)6;2*1-2-4-6-5-3-1;1-2-6-4-3-5-1;3*1-2-5-4-6-3-1;3*1-2-4-5-3-1;1-2-5-3-4-1;2*1-2-4-5-3-1;1-2-5-3-4-1;1-2-4-5-3-1;1-2-5-3-4-1;1-2-4-5-3-1/h1-6H;1-6,9H;1-6H;1-5H,(H,8,9);1-4H;2*1-5H;4*1-4H;1-5H;2*1-4H;1-3H,(H,4,5);1-2H,3H2;1-3H,(H,4,5);4*1-3H. The van der Waals surface area contributed by atoms with Gasteiger partial charge in [-0.1, -0.05) is 90.1 Å². The van der Waals surface area contributed by atoms with E-state index in [0.717, 1.165) is 28.6 Å². The SMILES string of the molecule is C1=CN=NC1.c1c[nH]cn1.c1cc2sccc2s1.c1cc[nH]c1.c1ccc2[nH]ccc2c1.c1ccc2[nH]cnc2c1.c1ccc2nccnc2c1.c1ccc2sccc2c1.c1ccncc1.c1ccncc1.c1ccoc1.c1ccsc1.c1cn[nH]c1.c1cnccn1.c1cncnc1.c1cncnc1.c1cncnc1.c1cnoc1.c1cnsc1.c1cocn1.c1cscn1. The fraction of sp³-hybridized carbons (Fsp3) is 0.0104. The molecule has 1 aliphatic heterocycles. The molecule has 35 heteroatoms. The van der Waals surface area contributed by atoms with Crippen molar-refractivity contribution >= 4 is 121 Å². The first kappa shape index (κ1) is 103. The lowest BCUT2D eigenvalue weighted by molar-refractivity contribution is 0.420. The highest BCUT2D eigenvalue weighted by molar-refractivity contribution is 7.25. The molecule has 22 heterocycles. The normalized spacial score (nSPS) is 9.13. The van der Waals surface area contributed by atoms with Crippen LogP contribution in [0.4, 0.5) is 0 Å². The number of azo groups is 1. The van der Waals surface area contributed by atoms with Crippen LogP contribution in [0.15, 0.2) is 540 Å². The maximum atomic E-state index is 4.58. The average Bonchev–Trinajstić information content (AvgIpc) is 1.85. The summed E-state index contributed by atoms with van der Waals surface area (Å²) in [5, 5.41) is 33.6. The van der Waals surface area contributed by atoms with Gasteiger partial charge in [-0.3, -0.25) is 40.0 Å². The first-order valence-corrected chi connectivity index (χ1v) is 44.3. The van der Waals surface area contributed by atoms with Crippen molar-refractivity contribution in [1.82, 2.24) is 119 Å². The van der Waals surface area contributed by atoms with Crippen molar-refractivity contribution in [2.24, 2.45) is 10.2 Å².